The molecule has 1 amide bonds. The normalized spacial score (nSPS) is 10.9. The summed E-state index contributed by atoms with van der Waals surface area (Å²) in [5, 5.41) is 5.26. The summed E-state index contributed by atoms with van der Waals surface area (Å²) in [7, 11) is 1.86. The molecule has 0 N–H and O–H groups in total. The minimum Gasteiger partial charge on any atom is -0.339 e. The van der Waals surface area contributed by atoms with E-state index in [9.17, 15) is 4.79 Å². The third-order valence-corrected chi connectivity index (χ3v) is 3.66. The van der Waals surface area contributed by atoms with Crippen LogP contribution in [0.1, 0.15) is 24.2 Å². The Balaban J connectivity index is 2.58. The third kappa shape index (κ3) is 2.14. The smallest absolute Gasteiger partial charge is 0.254 e. The number of carbonyl (C=O) groups excluding carboxylic acids is 1. The van der Waals surface area contributed by atoms with Crippen molar-refractivity contribution in [2.24, 2.45) is 7.05 Å². The Kier molecular flexibility index (Phi) is 3.71. The summed E-state index contributed by atoms with van der Waals surface area (Å²) in [6.07, 6.45) is 1.89. The molecular formula is C13H16BrN3O. The largest absolute Gasteiger partial charge is 0.339 e. The van der Waals surface area contributed by atoms with Gasteiger partial charge in [-0.3, -0.25) is 9.48 Å². The van der Waals surface area contributed by atoms with Gasteiger partial charge < -0.3 is 4.90 Å². The number of fused-ring (bicyclic) bond motifs is 1. The number of rotatable bonds is 3. The van der Waals surface area contributed by atoms with E-state index in [2.05, 4.69) is 21.0 Å². The van der Waals surface area contributed by atoms with Crippen molar-refractivity contribution < 1.29 is 4.79 Å². The second-order valence-electron chi connectivity index (χ2n) is 4.14. The summed E-state index contributed by atoms with van der Waals surface area (Å²) >= 11 is 3.46. The van der Waals surface area contributed by atoms with Gasteiger partial charge in [0.05, 0.1) is 5.56 Å². The minimum atomic E-state index is 0.0606. The van der Waals surface area contributed by atoms with Crippen LogP contribution in [0.5, 0.6) is 0 Å². The fraction of sp³-hybridized carbons (Fsp3) is 0.385. The van der Waals surface area contributed by atoms with E-state index in [0.29, 0.717) is 18.7 Å². The minimum absolute atomic E-state index is 0.0606. The lowest BCUT2D eigenvalue weighted by atomic mass is 10.1. The lowest BCUT2D eigenvalue weighted by molar-refractivity contribution is 0.0775. The molecule has 18 heavy (non-hydrogen) atoms. The van der Waals surface area contributed by atoms with E-state index in [-0.39, 0.29) is 5.91 Å². The SMILES string of the molecule is CCN(CC)C(=O)c1ccc(Br)c2nn(C)cc12. The lowest BCUT2D eigenvalue weighted by Gasteiger charge is -2.19. The van der Waals surface area contributed by atoms with Crippen LogP contribution in [0.25, 0.3) is 10.9 Å². The molecule has 0 spiro atoms. The molecule has 5 heteroatoms. The summed E-state index contributed by atoms with van der Waals surface area (Å²) < 4.78 is 2.64. The van der Waals surface area contributed by atoms with Gasteiger partial charge in [0.1, 0.15) is 5.52 Å². The first-order chi connectivity index (χ1) is 8.58. The average Bonchev–Trinajstić information content (AvgIpc) is 2.73. The predicted molar refractivity (Wildman–Crippen MR) is 75.7 cm³/mol. The van der Waals surface area contributed by atoms with Gasteiger partial charge in [-0.1, -0.05) is 0 Å². The van der Waals surface area contributed by atoms with Crippen LogP contribution in [0.2, 0.25) is 0 Å². The highest BCUT2D eigenvalue weighted by Crippen LogP contribution is 2.26. The van der Waals surface area contributed by atoms with Gasteiger partial charge in [0.15, 0.2) is 0 Å². The summed E-state index contributed by atoms with van der Waals surface area (Å²) in [4.78, 5) is 14.2. The first-order valence-corrected chi connectivity index (χ1v) is 6.78. The number of hydrogen-bond donors (Lipinski definition) is 0. The summed E-state index contributed by atoms with van der Waals surface area (Å²) in [6.45, 7) is 5.40. The number of nitrogens with zero attached hydrogens (tertiary/aromatic N) is 3. The Labute approximate surface area is 115 Å². The first kappa shape index (κ1) is 13.1. The van der Waals surface area contributed by atoms with Crippen molar-refractivity contribution >= 4 is 32.7 Å². The fourth-order valence-corrected chi connectivity index (χ4v) is 2.48. The molecule has 0 radical (unpaired) electrons. The molecule has 2 rings (SSSR count). The van der Waals surface area contributed by atoms with Gasteiger partial charge in [-0.15, -0.1) is 0 Å². The summed E-state index contributed by atoms with van der Waals surface area (Å²) in [5.41, 5.74) is 1.54. The van der Waals surface area contributed by atoms with Crippen LogP contribution in [-0.4, -0.2) is 33.7 Å². The maximum atomic E-state index is 12.4. The highest BCUT2D eigenvalue weighted by Gasteiger charge is 2.18. The second kappa shape index (κ2) is 5.10. The van der Waals surface area contributed by atoms with Gasteiger partial charge in [-0.25, -0.2) is 0 Å². The van der Waals surface area contributed by atoms with Crippen LogP contribution in [0.15, 0.2) is 22.8 Å². The molecule has 1 aromatic heterocycles. The van der Waals surface area contributed by atoms with Crippen molar-refractivity contribution in [3.63, 3.8) is 0 Å². The zero-order valence-electron chi connectivity index (χ0n) is 10.8. The molecule has 0 aliphatic rings. The molecule has 1 aromatic carbocycles. The van der Waals surface area contributed by atoms with Crippen LogP contribution in [0.4, 0.5) is 0 Å². The fourth-order valence-electron chi connectivity index (χ4n) is 2.05. The van der Waals surface area contributed by atoms with Crippen LogP contribution in [0.3, 0.4) is 0 Å². The highest BCUT2D eigenvalue weighted by atomic mass is 79.9. The Hall–Kier alpha value is -1.36. The van der Waals surface area contributed by atoms with Crippen molar-refractivity contribution in [2.75, 3.05) is 13.1 Å². The lowest BCUT2D eigenvalue weighted by Crippen LogP contribution is -2.30. The number of aryl methyl sites for hydroxylation is 1. The molecule has 0 saturated heterocycles. The second-order valence-corrected chi connectivity index (χ2v) is 4.99. The molecule has 0 aliphatic heterocycles. The van der Waals surface area contributed by atoms with Crippen LogP contribution in [-0.2, 0) is 7.05 Å². The van der Waals surface area contributed by atoms with Gasteiger partial charge in [0.25, 0.3) is 5.91 Å². The number of benzene rings is 1. The summed E-state index contributed by atoms with van der Waals surface area (Å²) in [6, 6.07) is 3.74. The van der Waals surface area contributed by atoms with E-state index < -0.39 is 0 Å². The number of carbonyl (C=O) groups is 1. The van der Waals surface area contributed by atoms with E-state index in [1.54, 1.807) is 4.68 Å². The third-order valence-electron chi connectivity index (χ3n) is 3.02. The molecule has 0 bridgehead atoms. The molecule has 0 unspecified atom stereocenters. The van der Waals surface area contributed by atoms with E-state index in [4.69, 9.17) is 0 Å². The molecule has 0 saturated carbocycles. The molecule has 0 fully saturated rings. The number of aromatic nitrogens is 2. The highest BCUT2D eigenvalue weighted by molar-refractivity contribution is 9.10. The first-order valence-electron chi connectivity index (χ1n) is 5.99. The molecule has 0 aliphatic carbocycles. The van der Waals surface area contributed by atoms with Crippen LogP contribution in [0, 0.1) is 0 Å². The zero-order valence-corrected chi connectivity index (χ0v) is 12.4. The van der Waals surface area contributed by atoms with Crippen molar-refractivity contribution in [1.82, 2.24) is 14.7 Å². The van der Waals surface area contributed by atoms with Gasteiger partial charge in [0, 0.05) is 36.2 Å². The molecule has 2 aromatic rings. The van der Waals surface area contributed by atoms with Crippen molar-refractivity contribution in [1.29, 1.82) is 0 Å². The standard InChI is InChI=1S/C13H16BrN3O/c1-4-17(5-2)13(18)9-6-7-11(14)12-10(9)8-16(3)15-12/h6-8H,4-5H2,1-3H3. The van der Waals surface area contributed by atoms with Gasteiger partial charge in [-0.05, 0) is 41.9 Å². The van der Waals surface area contributed by atoms with E-state index in [1.165, 1.54) is 0 Å². The summed E-state index contributed by atoms with van der Waals surface area (Å²) in [5.74, 6) is 0.0606. The van der Waals surface area contributed by atoms with Crippen LogP contribution >= 0.6 is 15.9 Å². The van der Waals surface area contributed by atoms with Crippen molar-refractivity contribution in [2.45, 2.75) is 13.8 Å². The maximum absolute atomic E-state index is 12.4. The Morgan fingerprint density at radius 1 is 1.39 bits per heavy atom. The number of amides is 1. The average molecular weight is 310 g/mol. The van der Waals surface area contributed by atoms with Crippen molar-refractivity contribution in [3.05, 3.63) is 28.4 Å². The molecule has 96 valence electrons. The number of hydrogen-bond acceptors (Lipinski definition) is 2. The van der Waals surface area contributed by atoms with Gasteiger partial charge >= 0.3 is 0 Å². The predicted octanol–water partition coefficient (Wildman–Crippen LogP) is 2.82. The van der Waals surface area contributed by atoms with E-state index in [1.807, 2.05) is 44.1 Å². The van der Waals surface area contributed by atoms with E-state index in [0.717, 1.165) is 15.4 Å². The van der Waals surface area contributed by atoms with Crippen molar-refractivity contribution in [3.8, 4) is 0 Å². The maximum Gasteiger partial charge on any atom is 0.254 e. The van der Waals surface area contributed by atoms with Gasteiger partial charge in [-0.2, -0.15) is 5.10 Å². The molecule has 0 atom stereocenters. The molecular weight excluding hydrogens is 294 g/mol. The van der Waals surface area contributed by atoms with Crippen LogP contribution < -0.4 is 0 Å². The van der Waals surface area contributed by atoms with E-state index >= 15 is 0 Å². The Morgan fingerprint density at radius 3 is 2.67 bits per heavy atom. The molecule has 1 heterocycles. The van der Waals surface area contributed by atoms with Gasteiger partial charge in [0.2, 0.25) is 0 Å². The Bertz CT molecular complexity index is 587. The molecule has 4 nitrogen and oxygen atoms in total. The monoisotopic (exact) mass is 309 g/mol. The topological polar surface area (TPSA) is 38.1 Å². The quantitative estimate of drug-likeness (QED) is 0.874. The number of halogens is 1. The zero-order chi connectivity index (χ0) is 13.3. The Morgan fingerprint density at radius 2 is 2.06 bits per heavy atom.